The Hall–Kier alpha value is -1.81. The summed E-state index contributed by atoms with van der Waals surface area (Å²) in [6.45, 7) is 0. The average molecular weight is 266 g/mol. The van der Waals surface area contributed by atoms with Crippen LogP contribution in [0.2, 0.25) is 0 Å². The largest absolute Gasteiger partial charge is 0.395 e. The third-order valence-electron chi connectivity index (χ3n) is 2.91. The van der Waals surface area contributed by atoms with Crippen LogP contribution in [0.25, 0.3) is 0 Å². The Bertz CT molecular complexity index is 592. The van der Waals surface area contributed by atoms with Gasteiger partial charge in [-0.1, -0.05) is 0 Å². The Balaban J connectivity index is 2.18. The summed E-state index contributed by atoms with van der Waals surface area (Å²) in [7, 11) is -2.98. The molecule has 1 saturated heterocycles. The summed E-state index contributed by atoms with van der Waals surface area (Å²) >= 11 is 0. The molecule has 1 aromatic rings. The van der Waals surface area contributed by atoms with Crippen molar-refractivity contribution in [3.05, 3.63) is 17.8 Å². The number of sulfone groups is 1. The van der Waals surface area contributed by atoms with Crippen LogP contribution in [-0.2, 0) is 9.84 Å². The summed E-state index contributed by atoms with van der Waals surface area (Å²) in [5.41, 5.74) is 6.39. The molecule has 0 radical (unpaired) electrons. The molecule has 1 fully saturated rings. The summed E-state index contributed by atoms with van der Waals surface area (Å²) in [5, 5.41) is 11.9. The van der Waals surface area contributed by atoms with E-state index in [1.54, 1.807) is 0 Å². The molecule has 2 heterocycles. The Kier molecular flexibility index (Phi) is 3.39. The molecule has 3 N–H and O–H groups in total. The molecule has 0 amide bonds. The van der Waals surface area contributed by atoms with Gasteiger partial charge < -0.3 is 11.1 Å². The van der Waals surface area contributed by atoms with E-state index in [-0.39, 0.29) is 23.2 Å². The van der Waals surface area contributed by atoms with Gasteiger partial charge in [-0.05, 0) is 18.9 Å². The van der Waals surface area contributed by atoms with Crippen LogP contribution in [0.3, 0.4) is 0 Å². The predicted molar refractivity (Wildman–Crippen MR) is 68.7 cm³/mol. The fourth-order valence-electron chi connectivity index (χ4n) is 2.02. The lowest BCUT2D eigenvalue weighted by Gasteiger charge is -2.24. The topological polar surface area (TPSA) is 109 Å². The van der Waals surface area contributed by atoms with E-state index in [9.17, 15) is 8.42 Å². The van der Waals surface area contributed by atoms with Gasteiger partial charge in [0.05, 0.1) is 22.8 Å². The molecule has 18 heavy (non-hydrogen) atoms. The van der Waals surface area contributed by atoms with Gasteiger partial charge in [0.25, 0.3) is 0 Å². The van der Waals surface area contributed by atoms with E-state index in [4.69, 9.17) is 11.0 Å². The van der Waals surface area contributed by atoms with Gasteiger partial charge in [-0.25, -0.2) is 13.4 Å². The first kappa shape index (κ1) is 12.6. The number of nitrogens with two attached hydrogens (primary N) is 1. The quantitative estimate of drug-likeness (QED) is 0.808. The van der Waals surface area contributed by atoms with Crippen molar-refractivity contribution in [1.82, 2.24) is 4.98 Å². The van der Waals surface area contributed by atoms with Crippen LogP contribution in [0.1, 0.15) is 18.4 Å². The SMILES string of the molecule is N#Cc1ccnc(NC2CCCS(=O)(=O)C2)c1N. The van der Waals surface area contributed by atoms with Gasteiger partial charge >= 0.3 is 0 Å². The van der Waals surface area contributed by atoms with Gasteiger partial charge in [0.2, 0.25) is 0 Å². The van der Waals surface area contributed by atoms with Crippen LogP contribution in [0.5, 0.6) is 0 Å². The van der Waals surface area contributed by atoms with Gasteiger partial charge in [-0.2, -0.15) is 5.26 Å². The summed E-state index contributed by atoms with van der Waals surface area (Å²) in [6.07, 6.45) is 2.88. The second-order valence-corrected chi connectivity index (χ2v) is 6.56. The van der Waals surface area contributed by atoms with E-state index < -0.39 is 9.84 Å². The van der Waals surface area contributed by atoms with Crippen LogP contribution in [0, 0.1) is 11.3 Å². The molecule has 1 aliphatic rings. The molecule has 96 valence electrons. The maximum absolute atomic E-state index is 11.5. The fourth-order valence-corrected chi connectivity index (χ4v) is 3.65. The number of pyridine rings is 1. The van der Waals surface area contributed by atoms with E-state index in [0.29, 0.717) is 17.8 Å². The third-order valence-corrected chi connectivity index (χ3v) is 4.74. The zero-order valence-electron chi connectivity index (χ0n) is 9.76. The standard InChI is InChI=1S/C11H14N4O2S/c12-6-8-3-4-14-11(10(8)13)15-9-2-1-5-18(16,17)7-9/h3-4,9H,1-2,5,7,13H2,(H,14,15). The summed E-state index contributed by atoms with van der Waals surface area (Å²) in [4.78, 5) is 4.05. The predicted octanol–water partition coefficient (Wildman–Crippen LogP) is 0.525. The van der Waals surface area contributed by atoms with Gasteiger partial charge in [0.1, 0.15) is 6.07 Å². The first-order valence-electron chi connectivity index (χ1n) is 5.63. The number of hydrogen-bond donors (Lipinski definition) is 2. The number of nitrogens with zero attached hydrogens (tertiary/aromatic N) is 2. The highest BCUT2D eigenvalue weighted by Crippen LogP contribution is 2.22. The van der Waals surface area contributed by atoms with Crippen molar-refractivity contribution in [3.8, 4) is 6.07 Å². The molecule has 0 saturated carbocycles. The fraction of sp³-hybridized carbons (Fsp3) is 0.455. The lowest BCUT2D eigenvalue weighted by atomic mass is 10.1. The maximum Gasteiger partial charge on any atom is 0.152 e. The minimum absolute atomic E-state index is 0.0882. The lowest BCUT2D eigenvalue weighted by Crippen LogP contribution is -2.35. The van der Waals surface area contributed by atoms with E-state index in [2.05, 4.69) is 10.3 Å². The number of anilines is 2. The van der Waals surface area contributed by atoms with Crippen LogP contribution >= 0.6 is 0 Å². The minimum Gasteiger partial charge on any atom is -0.395 e. The second-order valence-electron chi connectivity index (χ2n) is 4.33. The molecule has 1 aromatic heterocycles. The molecule has 0 bridgehead atoms. The molecular formula is C11H14N4O2S. The van der Waals surface area contributed by atoms with Gasteiger partial charge in [0, 0.05) is 12.2 Å². The van der Waals surface area contributed by atoms with Gasteiger partial charge in [-0.3, -0.25) is 0 Å². The van der Waals surface area contributed by atoms with Crippen LogP contribution in [0.4, 0.5) is 11.5 Å². The number of hydrogen-bond acceptors (Lipinski definition) is 6. The Morgan fingerprint density at radius 3 is 3.00 bits per heavy atom. The molecule has 1 atom stereocenters. The van der Waals surface area contributed by atoms with Crippen molar-refractivity contribution in [2.45, 2.75) is 18.9 Å². The molecule has 2 rings (SSSR count). The van der Waals surface area contributed by atoms with E-state index >= 15 is 0 Å². The first-order valence-corrected chi connectivity index (χ1v) is 7.45. The van der Waals surface area contributed by atoms with E-state index in [1.807, 2.05) is 6.07 Å². The molecule has 0 spiro atoms. The molecule has 0 aromatic carbocycles. The second kappa shape index (κ2) is 4.82. The van der Waals surface area contributed by atoms with Crippen molar-refractivity contribution in [2.75, 3.05) is 22.6 Å². The van der Waals surface area contributed by atoms with Crippen molar-refractivity contribution in [2.24, 2.45) is 0 Å². The highest BCUT2D eigenvalue weighted by Gasteiger charge is 2.25. The molecular weight excluding hydrogens is 252 g/mol. The summed E-state index contributed by atoms with van der Waals surface area (Å²) in [6, 6.07) is 3.30. The van der Waals surface area contributed by atoms with Gasteiger partial charge in [-0.15, -0.1) is 0 Å². The Morgan fingerprint density at radius 1 is 1.56 bits per heavy atom. The van der Waals surface area contributed by atoms with Crippen LogP contribution < -0.4 is 11.1 Å². The summed E-state index contributed by atoms with van der Waals surface area (Å²) in [5.74, 6) is 0.716. The van der Waals surface area contributed by atoms with Crippen molar-refractivity contribution >= 4 is 21.3 Å². The normalized spacial score (nSPS) is 22.1. The summed E-state index contributed by atoms with van der Waals surface area (Å²) < 4.78 is 23.0. The monoisotopic (exact) mass is 266 g/mol. The van der Waals surface area contributed by atoms with Crippen molar-refractivity contribution in [1.29, 1.82) is 5.26 Å². The molecule has 1 unspecified atom stereocenters. The highest BCUT2D eigenvalue weighted by atomic mass is 32.2. The average Bonchev–Trinajstić information content (AvgIpc) is 2.31. The number of rotatable bonds is 2. The minimum atomic E-state index is -2.98. The molecule has 7 heteroatoms. The molecule has 6 nitrogen and oxygen atoms in total. The number of nitrogens with one attached hydrogen (secondary N) is 1. The Morgan fingerprint density at radius 2 is 2.33 bits per heavy atom. The first-order chi connectivity index (χ1) is 8.52. The van der Waals surface area contributed by atoms with Crippen molar-refractivity contribution in [3.63, 3.8) is 0 Å². The van der Waals surface area contributed by atoms with Crippen molar-refractivity contribution < 1.29 is 8.42 Å². The highest BCUT2D eigenvalue weighted by molar-refractivity contribution is 7.91. The zero-order chi connectivity index (χ0) is 13.2. The third kappa shape index (κ3) is 2.71. The molecule has 1 aliphatic heterocycles. The Labute approximate surface area is 106 Å². The maximum atomic E-state index is 11.5. The van der Waals surface area contributed by atoms with E-state index in [0.717, 1.165) is 6.42 Å². The van der Waals surface area contributed by atoms with Gasteiger partial charge in [0.15, 0.2) is 15.7 Å². The molecule has 0 aliphatic carbocycles. The number of nitriles is 1. The zero-order valence-corrected chi connectivity index (χ0v) is 10.6. The number of aromatic nitrogens is 1. The van der Waals surface area contributed by atoms with Crippen LogP contribution in [-0.4, -0.2) is 30.9 Å². The van der Waals surface area contributed by atoms with E-state index in [1.165, 1.54) is 12.3 Å². The number of nitrogen functional groups attached to an aromatic ring is 1. The lowest BCUT2D eigenvalue weighted by molar-refractivity contribution is 0.561. The smallest absolute Gasteiger partial charge is 0.152 e. The van der Waals surface area contributed by atoms with Crippen LogP contribution in [0.15, 0.2) is 12.3 Å².